The van der Waals surface area contributed by atoms with Gasteiger partial charge in [0.2, 0.25) is 0 Å². The number of unbranched alkanes of at least 4 members (excludes halogenated alkanes) is 9. The number of hydrogen-bond donors (Lipinski definition) is 0. The Balaban J connectivity index is 1.29. The first-order valence-electron chi connectivity index (χ1n) is 16.0. The molecule has 1 aromatic carbocycles. The topological polar surface area (TPSA) is 53.5 Å². The van der Waals surface area contributed by atoms with Crippen molar-refractivity contribution in [1.29, 1.82) is 0 Å². The van der Waals surface area contributed by atoms with Gasteiger partial charge in [-0.3, -0.25) is 0 Å². The highest BCUT2D eigenvalue weighted by Gasteiger charge is 2.23. The third kappa shape index (κ3) is 12.4. The molecule has 0 saturated carbocycles. The molecule has 0 amide bonds. The van der Waals surface area contributed by atoms with Gasteiger partial charge in [-0.05, 0) is 18.8 Å². The smallest absolute Gasteiger partial charge is 0.183 e. The molecule has 1 aromatic heterocycles. The Morgan fingerprint density at radius 1 is 0.769 bits per heavy atom. The van der Waals surface area contributed by atoms with Crippen LogP contribution in [0.15, 0.2) is 36.7 Å². The molecule has 0 radical (unpaired) electrons. The van der Waals surface area contributed by atoms with E-state index in [9.17, 15) is 0 Å². The van der Waals surface area contributed by atoms with Crippen molar-refractivity contribution in [1.82, 2.24) is 9.97 Å². The number of benzene rings is 1. The summed E-state index contributed by atoms with van der Waals surface area (Å²) >= 11 is 0. The van der Waals surface area contributed by atoms with Crippen molar-refractivity contribution in [3.8, 4) is 17.1 Å². The van der Waals surface area contributed by atoms with Gasteiger partial charge in [-0.25, -0.2) is 9.97 Å². The lowest BCUT2D eigenvalue weighted by molar-refractivity contribution is -0.206. The Hall–Kier alpha value is -1.98. The second kappa shape index (κ2) is 19.2. The monoisotopic (exact) mass is 538 g/mol. The van der Waals surface area contributed by atoms with Crippen LogP contribution in [-0.4, -0.2) is 29.8 Å². The molecule has 1 unspecified atom stereocenters. The number of ether oxygens (including phenoxy) is 3. The summed E-state index contributed by atoms with van der Waals surface area (Å²) in [6.07, 6.45) is 22.8. The summed E-state index contributed by atoms with van der Waals surface area (Å²) < 4.78 is 18.0. The molecule has 5 heteroatoms. The highest BCUT2D eigenvalue weighted by atomic mass is 16.7. The second-order valence-electron chi connectivity index (χ2n) is 11.6. The van der Waals surface area contributed by atoms with E-state index in [1.54, 1.807) is 12.4 Å². The van der Waals surface area contributed by atoms with E-state index in [0.717, 1.165) is 49.0 Å². The van der Waals surface area contributed by atoms with Crippen molar-refractivity contribution >= 4 is 0 Å². The molecule has 218 valence electrons. The second-order valence-corrected chi connectivity index (χ2v) is 11.6. The maximum absolute atomic E-state index is 6.06. The predicted molar refractivity (Wildman–Crippen MR) is 161 cm³/mol. The summed E-state index contributed by atoms with van der Waals surface area (Å²) in [7, 11) is 0. The molecule has 0 N–H and O–H groups in total. The van der Waals surface area contributed by atoms with E-state index in [1.165, 1.54) is 89.9 Å². The van der Waals surface area contributed by atoms with Gasteiger partial charge in [-0.1, -0.05) is 129 Å². The van der Waals surface area contributed by atoms with Gasteiger partial charge >= 0.3 is 0 Å². The molecular formula is C34H54N2O3. The third-order valence-electron chi connectivity index (χ3n) is 7.89. The van der Waals surface area contributed by atoms with Crippen LogP contribution in [0, 0.1) is 11.8 Å². The van der Waals surface area contributed by atoms with Crippen LogP contribution < -0.4 is 4.74 Å². The van der Waals surface area contributed by atoms with Gasteiger partial charge in [0.25, 0.3) is 0 Å². The van der Waals surface area contributed by atoms with Crippen LogP contribution in [0.5, 0.6) is 5.75 Å². The number of hydrogen-bond acceptors (Lipinski definition) is 5. The van der Waals surface area contributed by atoms with Crippen LogP contribution in [-0.2, 0) is 9.47 Å². The summed E-state index contributed by atoms with van der Waals surface area (Å²) in [5.41, 5.74) is 2.03. The lowest BCUT2D eigenvalue weighted by atomic mass is 9.98. The molecular weight excluding hydrogens is 484 g/mol. The van der Waals surface area contributed by atoms with Gasteiger partial charge in [-0.15, -0.1) is 0 Å². The zero-order valence-electron chi connectivity index (χ0n) is 25.0. The van der Waals surface area contributed by atoms with Crippen LogP contribution in [0.3, 0.4) is 0 Å². The van der Waals surface area contributed by atoms with Crippen molar-refractivity contribution in [2.75, 3.05) is 19.8 Å². The van der Waals surface area contributed by atoms with Crippen LogP contribution >= 0.6 is 0 Å². The SMILES string of the molecule is CCCCCCCC[C@H]1CO[C@H](c2ccc(-c3ncc(OCCCCCCCC(C)CCC)cn3)cc2)OC1. The van der Waals surface area contributed by atoms with Gasteiger partial charge in [0, 0.05) is 17.0 Å². The number of rotatable bonds is 20. The molecule has 0 bridgehead atoms. The molecule has 1 fully saturated rings. The lowest BCUT2D eigenvalue weighted by Crippen LogP contribution is -2.27. The summed E-state index contributed by atoms with van der Waals surface area (Å²) in [6.45, 7) is 9.22. The normalized spacial score (nSPS) is 18.2. The lowest BCUT2D eigenvalue weighted by Gasteiger charge is -2.29. The van der Waals surface area contributed by atoms with Crippen molar-refractivity contribution in [3.63, 3.8) is 0 Å². The fourth-order valence-corrected chi connectivity index (χ4v) is 5.40. The third-order valence-corrected chi connectivity index (χ3v) is 7.89. The molecule has 2 heterocycles. The van der Waals surface area contributed by atoms with E-state index in [0.29, 0.717) is 11.7 Å². The summed E-state index contributed by atoms with van der Waals surface area (Å²) in [6, 6.07) is 8.21. The van der Waals surface area contributed by atoms with E-state index >= 15 is 0 Å². The summed E-state index contributed by atoms with van der Waals surface area (Å²) in [4.78, 5) is 9.05. The van der Waals surface area contributed by atoms with Crippen molar-refractivity contribution in [2.24, 2.45) is 11.8 Å². The summed E-state index contributed by atoms with van der Waals surface area (Å²) in [5, 5.41) is 0. The first-order chi connectivity index (χ1) is 19.2. The van der Waals surface area contributed by atoms with E-state index in [4.69, 9.17) is 14.2 Å². The Labute approximate surface area is 238 Å². The van der Waals surface area contributed by atoms with E-state index in [2.05, 4.69) is 42.9 Å². The standard InChI is InChI=1S/C34H54N2O3/c1-4-6-7-8-11-14-18-29-26-38-34(39-27-29)31-21-19-30(20-22-31)33-35-24-32(25-36-33)37-23-15-12-9-10-13-17-28(3)16-5-2/h19-22,24-25,28-29,34H,4-18,23,26-27H2,1-3H3/t28?,29-,34-. The molecule has 1 saturated heterocycles. The van der Waals surface area contributed by atoms with Crippen LogP contribution in [0.2, 0.25) is 0 Å². The van der Waals surface area contributed by atoms with Crippen molar-refractivity contribution < 1.29 is 14.2 Å². The first-order valence-corrected chi connectivity index (χ1v) is 16.0. The van der Waals surface area contributed by atoms with Gasteiger partial charge < -0.3 is 14.2 Å². The molecule has 3 rings (SSSR count). The van der Waals surface area contributed by atoms with E-state index < -0.39 is 0 Å². The van der Waals surface area contributed by atoms with Crippen LogP contribution in [0.1, 0.15) is 129 Å². The molecule has 2 aromatic rings. The predicted octanol–water partition coefficient (Wildman–Crippen LogP) is 9.71. The largest absolute Gasteiger partial charge is 0.490 e. The van der Waals surface area contributed by atoms with Gasteiger partial charge in [0.1, 0.15) is 0 Å². The maximum Gasteiger partial charge on any atom is 0.183 e. The average molecular weight is 539 g/mol. The van der Waals surface area contributed by atoms with E-state index in [1.807, 2.05) is 12.1 Å². The number of nitrogens with zero attached hydrogens (tertiary/aromatic N) is 2. The van der Waals surface area contributed by atoms with Gasteiger partial charge in [-0.2, -0.15) is 0 Å². The fourth-order valence-electron chi connectivity index (χ4n) is 5.40. The van der Waals surface area contributed by atoms with E-state index in [-0.39, 0.29) is 6.29 Å². The van der Waals surface area contributed by atoms with Crippen molar-refractivity contribution in [2.45, 2.75) is 123 Å². The molecule has 1 aliphatic rings. The minimum atomic E-state index is -0.277. The van der Waals surface area contributed by atoms with Gasteiger partial charge in [0.05, 0.1) is 32.2 Å². The molecule has 39 heavy (non-hydrogen) atoms. The van der Waals surface area contributed by atoms with Crippen molar-refractivity contribution in [3.05, 3.63) is 42.2 Å². The Bertz CT molecular complexity index is 863. The average Bonchev–Trinajstić information content (AvgIpc) is 2.97. The molecule has 1 atom stereocenters. The Morgan fingerprint density at radius 3 is 2.10 bits per heavy atom. The fraction of sp³-hybridized carbons (Fsp3) is 0.706. The quantitative estimate of drug-likeness (QED) is 0.157. The molecule has 1 aliphatic heterocycles. The zero-order chi connectivity index (χ0) is 27.5. The Morgan fingerprint density at radius 2 is 1.41 bits per heavy atom. The minimum absolute atomic E-state index is 0.277. The highest BCUT2D eigenvalue weighted by molar-refractivity contribution is 5.55. The molecule has 5 nitrogen and oxygen atoms in total. The first kappa shape index (κ1) is 31.5. The minimum Gasteiger partial charge on any atom is -0.490 e. The van der Waals surface area contributed by atoms with Gasteiger partial charge in [0.15, 0.2) is 17.9 Å². The van der Waals surface area contributed by atoms with Crippen LogP contribution in [0.4, 0.5) is 0 Å². The summed E-state index contributed by atoms with van der Waals surface area (Å²) in [5.74, 6) is 2.84. The molecule has 0 aliphatic carbocycles. The zero-order valence-corrected chi connectivity index (χ0v) is 25.0. The Kier molecular flexibility index (Phi) is 15.5. The maximum atomic E-state index is 6.06. The van der Waals surface area contributed by atoms with Crippen LogP contribution in [0.25, 0.3) is 11.4 Å². The highest BCUT2D eigenvalue weighted by Crippen LogP contribution is 2.29. The molecule has 0 spiro atoms. The number of aromatic nitrogens is 2.